The van der Waals surface area contributed by atoms with Crippen LogP contribution in [0.4, 0.5) is 4.79 Å². The summed E-state index contributed by atoms with van der Waals surface area (Å²) in [4.78, 5) is 28.2. The lowest BCUT2D eigenvalue weighted by Gasteiger charge is -2.13. The summed E-state index contributed by atoms with van der Waals surface area (Å²) in [5.41, 5.74) is 0. The van der Waals surface area contributed by atoms with Gasteiger partial charge in [0, 0.05) is 9.75 Å². The van der Waals surface area contributed by atoms with Crippen LogP contribution in [0.2, 0.25) is 5.02 Å². The molecule has 1 saturated heterocycles. The number of carbonyl (C=O) groups excluding carboxylic acids is 2. The minimum Gasteiger partial charge on any atom is -0.490 e. The van der Waals surface area contributed by atoms with Gasteiger partial charge >= 0.3 is 0 Å². The summed E-state index contributed by atoms with van der Waals surface area (Å²) < 4.78 is 5.55. The third-order valence-electron chi connectivity index (χ3n) is 3.32. The second kappa shape index (κ2) is 7.42. The summed E-state index contributed by atoms with van der Waals surface area (Å²) in [7, 11) is 0. The minimum absolute atomic E-state index is 0.191. The molecule has 124 valence electrons. The van der Waals surface area contributed by atoms with Crippen LogP contribution in [0.15, 0.2) is 41.3 Å². The fourth-order valence-corrected chi connectivity index (χ4v) is 4.10. The van der Waals surface area contributed by atoms with E-state index in [2.05, 4.69) is 0 Å². The van der Waals surface area contributed by atoms with Gasteiger partial charge in [0.2, 0.25) is 0 Å². The number of amides is 2. The van der Waals surface area contributed by atoms with E-state index < -0.39 is 0 Å². The molecule has 2 amide bonds. The summed E-state index contributed by atoms with van der Waals surface area (Å²) in [6.07, 6.45) is 1.76. The standard InChI is InChI=1S/C17H14ClNO3S2/c1-11-6-7-12(23-11)10-15-16(20)19(17(21)24-15)8-9-22-14-5-3-2-4-13(14)18/h2-7,10H,8-9H2,1H3/b15-10-. The fourth-order valence-electron chi connectivity index (χ4n) is 2.16. The Balaban J connectivity index is 1.62. The minimum atomic E-state index is -0.279. The van der Waals surface area contributed by atoms with Gasteiger partial charge in [-0.15, -0.1) is 11.3 Å². The maximum atomic E-state index is 12.4. The maximum absolute atomic E-state index is 12.4. The molecule has 0 bridgehead atoms. The van der Waals surface area contributed by atoms with Crippen LogP contribution < -0.4 is 4.74 Å². The Hall–Kier alpha value is -1.76. The number of nitrogens with zero attached hydrogens (tertiary/aromatic N) is 1. The van der Waals surface area contributed by atoms with Crippen molar-refractivity contribution in [3.8, 4) is 5.75 Å². The lowest BCUT2D eigenvalue weighted by atomic mass is 10.3. The summed E-state index contributed by atoms with van der Waals surface area (Å²) in [5, 5.41) is 0.224. The average Bonchev–Trinajstić information content (AvgIpc) is 3.07. The predicted octanol–water partition coefficient (Wildman–Crippen LogP) is 4.83. The second-order valence-electron chi connectivity index (χ2n) is 5.06. The summed E-state index contributed by atoms with van der Waals surface area (Å²) in [5.74, 6) is 0.259. The van der Waals surface area contributed by atoms with Crippen molar-refractivity contribution >= 4 is 51.9 Å². The molecule has 1 aromatic heterocycles. The van der Waals surface area contributed by atoms with Crippen LogP contribution in [0.25, 0.3) is 6.08 Å². The van der Waals surface area contributed by atoms with Crippen molar-refractivity contribution in [2.45, 2.75) is 6.92 Å². The van der Waals surface area contributed by atoms with Crippen LogP contribution in [-0.4, -0.2) is 29.2 Å². The molecular weight excluding hydrogens is 366 g/mol. The summed E-state index contributed by atoms with van der Waals surface area (Å²) in [6, 6.07) is 11.0. The molecule has 7 heteroatoms. The number of aryl methyl sites for hydroxylation is 1. The van der Waals surface area contributed by atoms with Gasteiger partial charge in [0.15, 0.2) is 0 Å². The molecule has 0 unspecified atom stereocenters. The molecule has 2 heterocycles. The first-order valence-corrected chi connectivity index (χ1v) is 9.25. The Bertz CT molecular complexity index is 816. The molecule has 1 aliphatic rings. The molecule has 0 saturated carbocycles. The zero-order valence-electron chi connectivity index (χ0n) is 12.8. The van der Waals surface area contributed by atoms with Gasteiger partial charge in [0.25, 0.3) is 11.1 Å². The quantitative estimate of drug-likeness (QED) is 0.698. The predicted molar refractivity (Wildman–Crippen MR) is 98.7 cm³/mol. The monoisotopic (exact) mass is 379 g/mol. The van der Waals surface area contributed by atoms with Crippen molar-refractivity contribution in [2.24, 2.45) is 0 Å². The highest BCUT2D eigenvalue weighted by molar-refractivity contribution is 8.18. The van der Waals surface area contributed by atoms with Gasteiger partial charge in [-0.05, 0) is 49.0 Å². The van der Waals surface area contributed by atoms with Crippen molar-refractivity contribution in [1.29, 1.82) is 0 Å². The van der Waals surface area contributed by atoms with E-state index in [9.17, 15) is 9.59 Å². The van der Waals surface area contributed by atoms with E-state index in [1.54, 1.807) is 29.5 Å². The lowest BCUT2D eigenvalue weighted by molar-refractivity contribution is -0.123. The van der Waals surface area contributed by atoms with Crippen molar-refractivity contribution in [3.05, 3.63) is 56.1 Å². The van der Waals surface area contributed by atoms with Crippen molar-refractivity contribution in [1.82, 2.24) is 4.90 Å². The van der Waals surface area contributed by atoms with E-state index >= 15 is 0 Å². The molecule has 0 spiro atoms. The first-order valence-electron chi connectivity index (χ1n) is 7.24. The van der Waals surface area contributed by atoms with Crippen LogP contribution >= 0.6 is 34.7 Å². The molecular formula is C17H14ClNO3S2. The smallest absolute Gasteiger partial charge is 0.293 e. The Morgan fingerprint density at radius 1 is 1.21 bits per heavy atom. The maximum Gasteiger partial charge on any atom is 0.293 e. The normalized spacial score (nSPS) is 16.2. The number of halogens is 1. The number of carbonyl (C=O) groups is 2. The Morgan fingerprint density at radius 3 is 2.71 bits per heavy atom. The molecule has 2 aromatic rings. The number of hydrogen-bond acceptors (Lipinski definition) is 5. The number of hydrogen-bond donors (Lipinski definition) is 0. The van der Waals surface area contributed by atoms with Crippen LogP contribution in [0.1, 0.15) is 9.75 Å². The molecule has 1 fully saturated rings. The van der Waals surface area contributed by atoms with Gasteiger partial charge in [-0.2, -0.15) is 0 Å². The topological polar surface area (TPSA) is 46.6 Å². The van der Waals surface area contributed by atoms with Crippen molar-refractivity contribution in [2.75, 3.05) is 13.2 Å². The first-order chi connectivity index (χ1) is 11.5. The zero-order valence-corrected chi connectivity index (χ0v) is 15.2. The van der Waals surface area contributed by atoms with Crippen molar-refractivity contribution < 1.29 is 14.3 Å². The van der Waals surface area contributed by atoms with Crippen LogP contribution in [0.3, 0.4) is 0 Å². The lowest BCUT2D eigenvalue weighted by Crippen LogP contribution is -2.32. The number of benzene rings is 1. The highest BCUT2D eigenvalue weighted by Gasteiger charge is 2.34. The number of imide groups is 1. The highest BCUT2D eigenvalue weighted by atomic mass is 35.5. The molecule has 1 aromatic carbocycles. The van der Waals surface area contributed by atoms with Crippen molar-refractivity contribution in [3.63, 3.8) is 0 Å². The Labute approximate surface area is 153 Å². The molecule has 24 heavy (non-hydrogen) atoms. The number of thioether (sulfide) groups is 1. The van der Waals surface area contributed by atoms with E-state index in [1.165, 1.54) is 4.90 Å². The average molecular weight is 380 g/mol. The summed E-state index contributed by atoms with van der Waals surface area (Å²) in [6.45, 7) is 2.39. The van der Waals surface area contributed by atoms with E-state index in [0.29, 0.717) is 15.7 Å². The van der Waals surface area contributed by atoms with E-state index in [4.69, 9.17) is 16.3 Å². The molecule has 3 rings (SSSR count). The van der Waals surface area contributed by atoms with Crippen LogP contribution in [-0.2, 0) is 4.79 Å². The van der Waals surface area contributed by atoms with Gasteiger partial charge in [-0.1, -0.05) is 23.7 Å². The number of rotatable bonds is 5. The highest BCUT2D eigenvalue weighted by Crippen LogP contribution is 2.33. The number of thiophene rings is 1. The molecule has 0 radical (unpaired) electrons. The molecule has 0 atom stereocenters. The van der Waals surface area contributed by atoms with Crippen LogP contribution in [0, 0.1) is 6.92 Å². The van der Waals surface area contributed by atoms with Gasteiger partial charge < -0.3 is 4.74 Å². The van der Waals surface area contributed by atoms with Crippen LogP contribution in [0.5, 0.6) is 5.75 Å². The Kier molecular flexibility index (Phi) is 5.28. The van der Waals surface area contributed by atoms with E-state index in [1.807, 2.05) is 31.2 Å². The van der Waals surface area contributed by atoms with Gasteiger partial charge in [0.1, 0.15) is 12.4 Å². The second-order valence-corrected chi connectivity index (χ2v) is 7.78. The first kappa shape index (κ1) is 17.1. The number of ether oxygens (including phenoxy) is 1. The largest absolute Gasteiger partial charge is 0.490 e. The molecule has 1 aliphatic heterocycles. The Morgan fingerprint density at radius 2 is 2.00 bits per heavy atom. The van der Waals surface area contributed by atoms with Gasteiger partial charge in [-0.25, -0.2) is 0 Å². The molecule has 0 N–H and O–H groups in total. The fraction of sp³-hybridized carbons (Fsp3) is 0.176. The molecule has 0 aliphatic carbocycles. The third-order valence-corrected chi connectivity index (χ3v) is 5.48. The zero-order chi connectivity index (χ0) is 17.1. The number of para-hydroxylation sites is 1. The molecule has 4 nitrogen and oxygen atoms in total. The van der Waals surface area contributed by atoms with Gasteiger partial charge in [0.05, 0.1) is 16.5 Å². The third kappa shape index (κ3) is 3.83. The van der Waals surface area contributed by atoms with E-state index in [0.717, 1.165) is 21.5 Å². The summed E-state index contributed by atoms with van der Waals surface area (Å²) >= 11 is 8.55. The van der Waals surface area contributed by atoms with Gasteiger partial charge in [-0.3, -0.25) is 14.5 Å². The van der Waals surface area contributed by atoms with E-state index in [-0.39, 0.29) is 24.3 Å². The SMILES string of the molecule is Cc1ccc(/C=C2\SC(=O)N(CCOc3ccccc3Cl)C2=O)s1.